The molecule has 9 heteroatoms. The second-order valence-electron chi connectivity index (χ2n) is 3.70. The molecule has 8 nitrogen and oxygen atoms in total. The van der Waals surface area contributed by atoms with Crippen LogP contribution >= 0.6 is 11.6 Å². The van der Waals surface area contributed by atoms with E-state index in [1.807, 2.05) is 0 Å². The zero-order valence-electron chi connectivity index (χ0n) is 10.1. The Morgan fingerprint density at radius 1 is 1.40 bits per heavy atom. The standard InChI is InChI=1S/C11H10ClN5O3/c12-9-2-1-8(17(18)19)3-10(9)20-6-7-4-15-11(16-13)5-14-7/h1-5H,6,13H2,(H,15,16). The molecule has 0 radical (unpaired) electrons. The van der Waals surface area contributed by atoms with E-state index in [9.17, 15) is 10.1 Å². The second kappa shape index (κ2) is 6.13. The number of nitro benzene ring substituents is 1. The molecule has 104 valence electrons. The van der Waals surface area contributed by atoms with Crippen LogP contribution in [0.15, 0.2) is 30.6 Å². The number of nitro groups is 1. The van der Waals surface area contributed by atoms with E-state index >= 15 is 0 Å². The molecule has 0 aliphatic heterocycles. The molecule has 20 heavy (non-hydrogen) atoms. The molecule has 1 aromatic heterocycles. The predicted molar refractivity (Wildman–Crippen MR) is 72.3 cm³/mol. The quantitative estimate of drug-likeness (QED) is 0.491. The molecular formula is C11H10ClN5O3. The number of hydrazine groups is 1. The van der Waals surface area contributed by atoms with Crippen LogP contribution in [0.1, 0.15) is 5.69 Å². The number of hydrogen-bond donors (Lipinski definition) is 2. The molecule has 0 bridgehead atoms. The van der Waals surface area contributed by atoms with Crippen LogP contribution in [0.3, 0.4) is 0 Å². The minimum Gasteiger partial charge on any atom is -0.485 e. The molecule has 0 amide bonds. The first-order valence-corrected chi connectivity index (χ1v) is 5.82. The number of hydrogen-bond acceptors (Lipinski definition) is 7. The lowest BCUT2D eigenvalue weighted by Crippen LogP contribution is -2.09. The van der Waals surface area contributed by atoms with Crippen LogP contribution in [0.25, 0.3) is 0 Å². The van der Waals surface area contributed by atoms with E-state index in [1.54, 1.807) is 0 Å². The monoisotopic (exact) mass is 295 g/mol. The van der Waals surface area contributed by atoms with Crippen molar-refractivity contribution < 1.29 is 9.66 Å². The number of halogens is 1. The number of nitrogens with one attached hydrogen (secondary N) is 1. The van der Waals surface area contributed by atoms with Gasteiger partial charge in [0.15, 0.2) is 5.82 Å². The molecular weight excluding hydrogens is 286 g/mol. The van der Waals surface area contributed by atoms with Crippen molar-refractivity contribution in [3.05, 3.63) is 51.4 Å². The van der Waals surface area contributed by atoms with Gasteiger partial charge in [0.25, 0.3) is 5.69 Å². The first-order chi connectivity index (χ1) is 9.60. The zero-order chi connectivity index (χ0) is 14.5. The first kappa shape index (κ1) is 14.0. The summed E-state index contributed by atoms with van der Waals surface area (Å²) in [6.45, 7) is 0.0821. The normalized spacial score (nSPS) is 10.1. The zero-order valence-corrected chi connectivity index (χ0v) is 10.9. The van der Waals surface area contributed by atoms with Crippen LogP contribution in [0.2, 0.25) is 5.02 Å². The van der Waals surface area contributed by atoms with E-state index < -0.39 is 4.92 Å². The van der Waals surface area contributed by atoms with Gasteiger partial charge in [0, 0.05) is 6.07 Å². The molecule has 0 spiro atoms. The Kier molecular flexibility index (Phi) is 4.28. The Hall–Kier alpha value is -2.45. The fourth-order valence-corrected chi connectivity index (χ4v) is 1.54. The maximum Gasteiger partial charge on any atom is 0.273 e. The highest BCUT2D eigenvalue weighted by atomic mass is 35.5. The van der Waals surface area contributed by atoms with Crippen LogP contribution in [0.5, 0.6) is 5.75 Å². The number of aromatic nitrogens is 2. The van der Waals surface area contributed by atoms with Gasteiger partial charge in [-0.1, -0.05) is 11.6 Å². The van der Waals surface area contributed by atoms with Crippen molar-refractivity contribution in [3.8, 4) is 5.75 Å². The summed E-state index contributed by atoms with van der Waals surface area (Å²) >= 11 is 5.90. The summed E-state index contributed by atoms with van der Waals surface area (Å²) in [5, 5.41) is 11.0. The maximum atomic E-state index is 10.7. The van der Waals surface area contributed by atoms with Crippen molar-refractivity contribution in [2.24, 2.45) is 5.84 Å². The van der Waals surface area contributed by atoms with Crippen molar-refractivity contribution in [2.75, 3.05) is 5.43 Å². The van der Waals surface area contributed by atoms with Gasteiger partial charge < -0.3 is 10.2 Å². The smallest absolute Gasteiger partial charge is 0.273 e. The summed E-state index contributed by atoms with van der Waals surface area (Å²) in [7, 11) is 0. The molecule has 0 unspecified atom stereocenters. The fraction of sp³-hybridized carbons (Fsp3) is 0.0909. The van der Waals surface area contributed by atoms with E-state index in [2.05, 4.69) is 15.4 Å². The largest absolute Gasteiger partial charge is 0.485 e. The van der Waals surface area contributed by atoms with Crippen molar-refractivity contribution in [1.82, 2.24) is 9.97 Å². The molecule has 0 aliphatic carbocycles. The second-order valence-corrected chi connectivity index (χ2v) is 4.11. The van der Waals surface area contributed by atoms with Gasteiger partial charge in [-0.25, -0.2) is 10.8 Å². The van der Waals surface area contributed by atoms with Crippen LogP contribution < -0.4 is 16.0 Å². The predicted octanol–water partition coefficient (Wildman–Crippen LogP) is 1.90. The average molecular weight is 296 g/mol. The van der Waals surface area contributed by atoms with Gasteiger partial charge in [0.05, 0.1) is 34.1 Å². The lowest BCUT2D eigenvalue weighted by Gasteiger charge is -2.07. The number of ether oxygens (including phenoxy) is 1. The topological polar surface area (TPSA) is 116 Å². The van der Waals surface area contributed by atoms with Crippen molar-refractivity contribution in [3.63, 3.8) is 0 Å². The molecule has 2 aromatic rings. The third-order valence-corrected chi connectivity index (χ3v) is 2.67. The minimum atomic E-state index is -0.523. The molecule has 2 rings (SSSR count). The molecule has 0 saturated carbocycles. The van der Waals surface area contributed by atoms with Gasteiger partial charge in [-0.15, -0.1) is 0 Å². The highest BCUT2D eigenvalue weighted by Gasteiger charge is 2.11. The lowest BCUT2D eigenvalue weighted by atomic mass is 10.3. The SMILES string of the molecule is NNc1cnc(COc2cc([N+](=O)[O-])ccc2Cl)cn1. The molecule has 1 aromatic carbocycles. The number of nitrogens with two attached hydrogens (primary N) is 1. The maximum absolute atomic E-state index is 10.7. The first-order valence-electron chi connectivity index (χ1n) is 5.44. The van der Waals surface area contributed by atoms with Crippen molar-refractivity contribution in [2.45, 2.75) is 6.61 Å². The molecule has 3 N–H and O–H groups in total. The van der Waals surface area contributed by atoms with E-state index in [0.717, 1.165) is 0 Å². The Labute approximate surface area is 118 Å². The molecule has 0 aliphatic rings. The molecule has 0 atom stereocenters. The number of rotatable bonds is 5. The number of anilines is 1. The van der Waals surface area contributed by atoms with Crippen LogP contribution in [-0.4, -0.2) is 14.9 Å². The van der Waals surface area contributed by atoms with Crippen LogP contribution in [0, 0.1) is 10.1 Å². The minimum absolute atomic E-state index is 0.0821. The molecule has 0 saturated heterocycles. The summed E-state index contributed by atoms with van der Waals surface area (Å²) in [6.07, 6.45) is 2.91. The van der Waals surface area contributed by atoms with E-state index in [0.29, 0.717) is 11.5 Å². The molecule has 0 fully saturated rings. The van der Waals surface area contributed by atoms with E-state index in [4.69, 9.17) is 22.2 Å². The van der Waals surface area contributed by atoms with Gasteiger partial charge in [0.2, 0.25) is 0 Å². The van der Waals surface area contributed by atoms with Gasteiger partial charge in [-0.2, -0.15) is 0 Å². The lowest BCUT2D eigenvalue weighted by molar-refractivity contribution is -0.384. The summed E-state index contributed by atoms with van der Waals surface area (Å²) in [6, 6.07) is 3.96. The van der Waals surface area contributed by atoms with Gasteiger partial charge in [-0.05, 0) is 6.07 Å². The number of nitrogen functional groups attached to an aromatic ring is 1. The third kappa shape index (κ3) is 3.31. The van der Waals surface area contributed by atoms with E-state index in [-0.39, 0.29) is 23.1 Å². The summed E-state index contributed by atoms with van der Waals surface area (Å²) in [4.78, 5) is 18.2. The number of non-ortho nitro benzene ring substituents is 1. The number of benzene rings is 1. The van der Waals surface area contributed by atoms with Gasteiger partial charge in [-0.3, -0.25) is 15.1 Å². The Morgan fingerprint density at radius 2 is 2.20 bits per heavy atom. The average Bonchev–Trinajstić information content (AvgIpc) is 2.46. The van der Waals surface area contributed by atoms with Crippen molar-refractivity contribution in [1.29, 1.82) is 0 Å². The van der Waals surface area contributed by atoms with Crippen LogP contribution in [-0.2, 0) is 6.61 Å². The Balaban J connectivity index is 2.09. The fourth-order valence-electron chi connectivity index (χ4n) is 1.37. The summed E-state index contributed by atoms with van der Waals surface area (Å²) in [5.74, 6) is 5.80. The van der Waals surface area contributed by atoms with Gasteiger partial charge >= 0.3 is 0 Å². The summed E-state index contributed by atoms with van der Waals surface area (Å²) in [5.41, 5.74) is 2.78. The summed E-state index contributed by atoms with van der Waals surface area (Å²) < 4.78 is 5.40. The highest BCUT2D eigenvalue weighted by Crippen LogP contribution is 2.29. The van der Waals surface area contributed by atoms with Crippen molar-refractivity contribution >= 4 is 23.1 Å². The van der Waals surface area contributed by atoms with E-state index in [1.165, 1.54) is 30.6 Å². The third-order valence-electron chi connectivity index (χ3n) is 2.35. The Morgan fingerprint density at radius 3 is 2.80 bits per heavy atom. The highest BCUT2D eigenvalue weighted by molar-refractivity contribution is 6.32. The Bertz CT molecular complexity index is 620. The number of nitrogens with zero attached hydrogens (tertiary/aromatic N) is 3. The van der Waals surface area contributed by atoms with Gasteiger partial charge in [0.1, 0.15) is 12.4 Å². The van der Waals surface area contributed by atoms with Crippen LogP contribution in [0.4, 0.5) is 11.5 Å². The molecule has 1 heterocycles.